The van der Waals surface area contributed by atoms with Gasteiger partial charge in [0.25, 0.3) is 0 Å². The topological polar surface area (TPSA) is 60.2 Å². The highest BCUT2D eigenvalue weighted by molar-refractivity contribution is 7.86. The average Bonchev–Trinajstić information content (AvgIpc) is 3.35. The van der Waals surface area contributed by atoms with E-state index in [2.05, 4.69) is 4.98 Å². The maximum atomic E-state index is 13.6. The van der Waals surface area contributed by atoms with Crippen LogP contribution in [-0.4, -0.2) is 15.0 Å². The zero-order valence-corrected chi connectivity index (χ0v) is 18.9. The summed E-state index contributed by atoms with van der Waals surface area (Å²) in [5.41, 5.74) is -0.398. The van der Waals surface area contributed by atoms with Crippen LogP contribution in [-0.2, 0) is 26.8 Å². The Bertz CT molecular complexity index is 1150. The number of carbonyl (C=O) groups is 1. The molecule has 162 valence electrons. The molecule has 0 spiro atoms. The van der Waals surface area contributed by atoms with Gasteiger partial charge in [-0.05, 0) is 48.6 Å². The number of aromatic nitrogens is 1. The number of thiazole rings is 1. The maximum absolute atomic E-state index is 13.6. The van der Waals surface area contributed by atoms with E-state index in [0.29, 0.717) is 15.0 Å². The Morgan fingerprint density at radius 2 is 1.81 bits per heavy atom. The van der Waals surface area contributed by atoms with E-state index in [0.717, 1.165) is 30.0 Å². The molecule has 1 atom stereocenters. The molecule has 1 unspecified atom stereocenters. The van der Waals surface area contributed by atoms with Gasteiger partial charge in [-0.1, -0.05) is 26.8 Å². The van der Waals surface area contributed by atoms with Crippen molar-refractivity contribution in [3.63, 3.8) is 0 Å². The number of hydrogen-bond acceptors (Lipinski definition) is 5. The third-order valence-electron chi connectivity index (χ3n) is 4.21. The number of rotatable bonds is 7. The largest absolute Gasteiger partial charge is 0.465 e. The van der Waals surface area contributed by atoms with Crippen LogP contribution in [0.5, 0.6) is 0 Å². The molecule has 2 heterocycles. The molecule has 0 saturated heterocycles. The molecule has 8 heteroatoms. The van der Waals surface area contributed by atoms with E-state index in [9.17, 15) is 17.8 Å². The van der Waals surface area contributed by atoms with Crippen molar-refractivity contribution < 1.29 is 22.2 Å². The van der Waals surface area contributed by atoms with Crippen molar-refractivity contribution >= 4 is 40.1 Å². The van der Waals surface area contributed by atoms with Crippen LogP contribution >= 0.6 is 11.3 Å². The van der Waals surface area contributed by atoms with Crippen molar-refractivity contribution in [2.45, 2.75) is 36.1 Å². The maximum Gasteiger partial charge on any atom is 0.178 e. The molecule has 2 aromatic heterocycles. The second-order valence-electron chi connectivity index (χ2n) is 7.73. The van der Waals surface area contributed by atoms with Gasteiger partial charge in [-0.15, -0.1) is 11.3 Å². The van der Waals surface area contributed by atoms with Crippen LogP contribution < -0.4 is 0 Å². The van der Waals surface area contributed by atoms with E-state index < -0.39 is 28.2 Å². The first-order chi connectivity index (χ1) is 14.6. The van der Waals surface area contributed by atoms with Crippen LogP contribution in [0.25, 0.3) is 12.2 Å². The number of benzene rings is 1. The first kappa shape index (κ1) is 23.0. The Balaban J connectivity index is 1.62. The molecule has 0 aliphatic carbocycles. The standard InChI is InChI=1S/C23H21F2NO3S2/c1-23(2,3)20-11-9-16(29-20)14-31(28)22-13-26-21(30-22)12-8-15(27)7-10-17-18(24)5-4-6-19(17)25/h4-13H,14H2,1-3H3/b10-7+,12-8+. The van der Waals surface area contributed by atoms with Crippen LogP contribution in [0.3, 0.4) is 0 Å². The number of hydrogen-bond donors (Lipinski definition) is 0. The lowest BCUT2D eigenvalue weighted by Crippen LogP contribution is -2.09. The second kappa shape index (κ2) is 9.62. The summed E-state index contributed by atoms with van der Waals surface area (Å²) in [7, 11) is -1.33. The molecule has 0 aliphatic rings. The number of halogens is 2. The van der Waals surface area contributed by atoms with Gasteiger partial charge in [0.2, 0.25) is 0 Å². The molecular weight excluding hydrogens is 440 g/mol. The van der Waals surface area contributed by atoms with Gasteiger partial charge in [-0.25, -0.2) is 13.8 Å². The van der Waals surface area contributed by atoms with Crippen molar-refractivity contribution in [1.29, 1.82) is 0 Å². The van der Waals surface area contributed by atoms with Gasteiger partial charge in [0, 0.05) is 11.0 Å². The summed E-state index contributed by atoms with van der Waals surface area (Å²) in [6.07, 6.45) is 6.38. The van der Waals surface area contributed by atoms with Gasteiger partial charge in [-0.2, -0.15) is 0 Å². The summed E-state index contributed by atoms with van der Waals surface area (Å²) in [5.74, 6) is -0.246. The summed E-state index contributed by atoms with van der Waals surface area (Å²) in [6, 6.07) is 7.20. The molecule has 4 nitrogen and oxygen atoms in total. The average molecular weight is 462 g/mol. The van der Waals surface area contributed by atoms with Gasteiger partial charge in [0.05, 0.1) is 22.7 Å². The van der Waals surface area contributed by atoms with E-state index in [-0.39, 0.29) is 16.7 Å². The second-order valence-corrected chi connectivity index (χ2v) is 10.5. The summed E-state index contributed by atoms with van der Waals surface area (Å²) < 4.78 is 46.1. The third-order valence-corrected chi connectivity index (χ3v) is 6.87. The van der Waals surface area contributed by atoms with E-state index in [1.807, 2.05) is 32.9 Å². The van der Waals surface area contributed by atoms with Gasteiger partial charge < -0.3 is 4.42 Å². The molecule has 0 aliphatic heterocycles. The number of furan rings is 1. The van der Waals surface area contributed by atoms with Crippen molar-refractivity contribution in [3.8, 4) is 0 Å². The Morgan fingerprint density at radius 3 is 2.45 bits per heavy atom. The molecule has 0 N–H and O–H groups in total. The molecule has 0 amide bonds. The number of ketones is 1. The van der Waals surface area contributed by atoms with Crippen LogP contribution in [0, 0.1) is 11.6 Å². The van der Waals surface area contributed by atoms with E-state index in [1.54, 1.807) is 0 Å². The molecular formula is C23H21F2NO3S2. The zero-order chi connectivity index (χ0) is 22.6. The van der Waals surface area contributed by atoms with Crippen molar-refractivity contribution in [3.05, 3.63) is 82.4 Å². The van der Waals surface area contributed by atoms with Crippen LogP contribution in [0.4, 0.5) is 8.78 Å². The molecule has 0 radical (unpaired) electrons. The Hall–Kier alpha value is -2.71. The lowest BCUT2D eigenvalue weighted by Gasteiger charge is -2.14. The number of carbonyl (C=O) groups excluding carboxylic acids is 1. The minimum Gasteiger partial charge on any atom is -0.465 e. The third kappa shape index (κ3) is 6.15. The first-order valence-corrected chi connectivity index (χ1v) is 11.5. The fourth-order valence-corrected chi connectivity index (χ4v) is 4.64. The first-order valence-electron chi connectivity index (χ1n) is 9.41. The Labute approximate surface area is 185 Å². The minimum absolute atomic E-state index is 0.124. The normalized spacial score (nSPS) is 13.3. The highest BCUT2D eigenvalue weighted by Crippen LogP contribution is 2.26. The summed E-state index contributed by atoms with van der Waals surface area (Å²) in [5, 5.41) is 0.497. The fraction of sp³-hybridized carbons (Fsp3) is 0.217. The molecule has 0 fully saturated rings. The predicted octanol–water partition coefficient (Wildman–Crippen LogP) is 5.92. The lowest BCUT2D eigenvalue weighted by atomic mass is 9.94. The Morgan fingerprint density at radius 1 is 1.13 bits per heavy atom. The van der Waals surface area contributed by atoms with E-state index in [1.165, 1.54) is 35.8 Å². The monoisotopic (exact) mass is 461 g/mol. The number of nitrogens with zero attached hydrogens (tertiary/aromatic N) is 1. The molecule has 3 aromatic rings. The van der Waals surface area contributed by atoms with Crippen LogP contribution in [0.2, 0.25) is 0 Å². The van der Waals surface area contributed by atoms with E-state index >= 15 is 0 Å². The van der Waals surface area contributed by atoms with Gasteiger partial charge >= 0.3 is 0 Å². The van der Waals surface area contributed by atoms with Gasteiger partial charge in [0.15, 0.2) is 5.78 Å². The fourth-order valence-electron chi connectivity index (χ4n) is 2.56. The smallest absolute Gasteiger partial charge is 0.178 e. The number of allylic oxidation sites excluding steroid dienone is 2. The van der Waals surface area contributed by atoms with Crippen molar-refractivity contribution in [2.75, 3.05) is 0 Å². The summed E-state index contributed by atoms with van der Waals surface area (Å²) >= 11 is 1.20. The van der Waals surface area contributed by atoms with Crippen molar-refractivity contribution in [1.82, 2.24) is 4.98 Å². The molecule has 0 saturated carbocycles. The highest BCUT2D eigenvalue weighted by Gasteiger charge is 2.19. The van der Waals surface area contributed by atoms with Gasteiger partial charge in [-0.3, -0.25) is 9.00 Å². The van der Waals surface area contributed by atoms with Crippen LogP contribution in [0.15, 0.2) is 57.3 Å². The van der Waals surface area contributed by atoms with Gasteiger partial charge in [0.1, 0.15) is 32.4 Å². The Kier molecular flexibility index (Phi) is 7.12. The van der Waals surface area contributed by atoms with E-state index in [4.69, 9.17) is 4.42 Å². The molecule has 1 aromatic carbocycles. The molecule has 0 bridgehead atoms. The minimum atomic E-state index is -1.33. The van der Waals surface area contributed by atoms with Crippen LogP contribution in [0.1, 0.15) is 42.9 Å². The quantitative estimate of drug-likeness (QED) is 0.410. The highest BCUT2D eigenvalue weighted by atomic mass is 32.2. The summed E-state index contributed by atoms with van der Waals surface area (Å²) in [4.78, 5) is 16.1. The summed E-state index contributed by atoms with van der Waals surface area (Å²) in [6.45, 7) is 6.12. The predicted molar refractivity (Wildman–Crippen MR) is 119 cm³/mol. The molecule has 31 heavy (non-hydrogen) atoms. The lowest BCUT2D eigenvalue weighted by molar-refractivity contribution is -0.110. The van der Waals surface area contributed by atoms with Crippen molar-refractivity contribution in [2.24, 2.45) is 0 Å². The SMILES string of the molecule is CC(C)(C)c1ccc(CS(=O)c2cnc(/C=C/C(=O)/C=C/c3c(F)cccc3F)s2)o1. The molecule has 3 rings (SSSR count). The zero-order valence-electron chi connectivity index (χ0n) is 17.2.